The molecule has 0 aliphatic rings. The molecule has 0 amide bonds. The maximum atomic E-state index is 8.45. The van der Waals surface area contributed by atoms with Gasteiger partial charge in [0, 0.05) is 37.4 Å². The monoisotopic (exact) mass is 421 g/mol. The molecule has 0 spiro atoms. The molecule has 0 radical (unpaired) electrons. The molecule has 0 bridgehead atoms. The normalized spacial score (nSPS) is 14.6. The molecule has 4 aromatic carbocycles. The average Bonchev–Trinajstić information content (AvgIpc) is 3.19. The SMILES string of the molecule is [2H]C([2H])([2H])c1ccc(-c2cc(C([2H])(C)C)ccn2)c2sc3cc4c(ccc5ccccc54)cc3c12. The van der Waals surface area contributed by atoms with E-state index in [2.05, 4.69) is 41.4 Å². The molecule has 0 N–H and O–H groups in total. The van der Waals surface area contributed by atoms with Crippen molar-refractivity contribution in [2.75, 3.05) is 0 Å². The summed E-state index contributed by atoms with van der Waals surface area (Å²) in [5.41, 5.74) is 2.88. The van der Waals surface area contributed by atoms with Crippen molar-refractivity contribution in [3.8, 4) is 11.3 Å². The average molecular weight is 422 g/mol. The van der Waals surface area contributed by atoms with Crippen LogP contribution in [0.4, 0.5) is 0 Å². The molecular weight excluding hydrogens is 394 g/mol. The van der Waals surface area contributed by atoms with Gasteiger partial charge in [0.15, 0.2) is 0 Å². The Morgan fingerprint density at radius 3 is 2.61 bits per heavy atom. The van der Waals surface area contributed by atoms with Crippen LogP contribution in [0.1, 0.15) is 36.4 Å². The minimum absolute atomic E-state index is 0.361. The van der Waals surface area contributed by atoms with Crippen molar-refractivity contribution in [1.82, 2.24) is 4.98 Å². The maximum absolute atomic E-state index is 8.45. The molecule has 31 heavy (non-hydrogen) atoms. The van der Waals surface area contributed by atoms with Gasteiger partial charge in [0.05, 0.1) is 5.69 Å². The summed E-state index contributed by atoms with van der Waals surface area (Å²) in [6.07, 6.45) is 1.73. The van der Waals surface area contributed by atoms with Crippen LogP contribution in [0.15, 0.2) is 79.0 Å². The molecule has 2 aromatic heterocycles. The molecular formula is C29H23NS. The number of benzene rings is 4. The van der Waals surface area contributed by atoms with E-state index in [1.165, 1.54) is 10.8 Å². The molecule has 2 heteroatoms. The van der Waals surface area contributed by atoms with Crippen molar-refractivity contribution in [3.05, 3.63) is 90.1 Å². The van der Waals surface area contributed by atoms with Gasteiger partial charge in [-0.05, 0) is 69.7 Å². The first-order valence-electron chi connectivity index (χ1n) is 12.4. The first-order chi connectivity index (χ1) is 16.6. The predicted octanol–water partition coefficient (Wildman–Crippen LogP) is 8.85. The molecule has 0 fully saturated rings. The van der Waals surface area contributed by atoms with Gasteiger partial charge < -0.3 is 0 Å². The summed E-state index contributed by atoms with van der Waals surface area (Å²) in [6, 6.07) is 24.3. The Bertz CT molecular complexity index is 1770. The number of fused-ring (bicyclic) bond motifs is 6. The largest absolute Gasteiger partial charge is 0.256 e. The number of nitrogens with zero attached hydrogens (tertiary/aromatic N) is 1. The van der Waals surface area contributed by atoms with Crippen LogP contribution in [0, 0.1) is 6.85 Å². The molecule has 0 atom stereocenters. The molecule has 0 aliphatic carbocycles. The van der Waals surface area contributed by atoms with Gasteiger partial charge in [0.2, 0.25) is 0 Å². The second kappa shape index (κ2) is 6.90. The lowest BCUT2D eigenvalue weighted by Crippen LogP contribution is -1.91. The Labute approximate surface area is 191 Å². The highest BCUT2D eigenvalue weighted by molar-refractivity contribution is 7.26. The first-order valence-corrected chi connectivity index (χ1v) is 11.2. The van der Waals surface area contributed by atoms with Gasteiger partial charge >= 0.3 is 0 Å². The van der Waals surface area contributed by atoms with Gasteiger partial charge in [-0.3, -0.25) is 4.98 Å². The lowest BCUT2D eigenvalue weighted by molar-refractivity contribution is 0.864. The van der Waals surface area contributed by atoms with E-state index in [-0.39, 0.29) is 0 Å². The van der Waals surface area contributed by atoms with Gasteiger partial charge in [0.25, 0.3) is 0 Å². The first kappa shape index (κ1) is 14.7. The molecule has 0 aliphatic heterocycles. The summed E-state index contributed by atoms with van der Waals surface area (Å²) >= 11 is 1.61. The van der Waals surface area contributed by atoms with E-state index < -0.39 is 12.7 Å². The number of hydrogen-bond acceptors (Lipinski definition) is 2. The lowest BCUT2D eigenvalue weighted by atomic mass is 9.97. The van der Waals surface area contributed by atoms with Gasteiger partial charge in [-0.2, -0.15) is 0 Å². The summed E-state index contributed by atoms with van der Waals surface area (Å²) < 4.78 is 35.1. The van der Waals surface area contributed by atoms with Crippen LogP contribution in [-0.2, 0) is 0 Å². The van der Waals surface area contributed by atoms with E-state index in [0.717, 1.165) is 47.8 Å². The number of aryl methyl sites for hydroxylation is 1. The Morgan fingerprint density at radius 2 is 1.74 bits per heavy atom. The third kappa shape index (κ3) is 2.86. The molecule has 0 saturated heterocycles. The van der Waals surface area contributed by atoms with E-state index >= 15 is 0 Å². The third-order valence-corrected chi connectivity index (χ3v) is 7.28. The van der Waals surface area contributed by atoms with Gasteiger partial charge in [-0.25, -0.2) is 0 Å². The summed E-state index contributed by atoms with van der Waals surface area (Å²) in [4.78, 5) is 4.61. The number of thiophene rings is 1. The zero-order valence-corrected chi connectivity index (χ0v) is 18.2. The van der Waals surface area contributed by atoms with E-state index in [1.54, 1.807) is 23.6 Å². The van der Waals surface area contributed by atoms with Crippen molar-refractivity contribution in [1.29, 1.82) is 0 Å². The predicted molar refractivity (Wildman–Crippen MR) is 136 cm³/mol. The molecule has 6 rings (SSSR count). The van der Waals surface area contributed by atoms with E-state index in [9.17, 15) is 0 Å². The molecule has 6 aromatic rings. The van der Waals surface area contributed by atoms with Crippen molar-refractivity contribution >= 4 is 53.1 Å². The Hall–Kier alpha value is -3.23. The van der Waals surface area contributed by atoms with E-state index in [4.69, 9.17) is 5.48 Å². The van der Waals surface area contributed by atoms with E-state index in [0.29, 0.717) is 5.56 Å². The van der Waals surface area contributed by atoms with Crippen molar-refractivity contribution in [2.45, 2.75) is 26.6 Å². The minimum Gasteiger partial charge on any atom is -0.256 e. The summed E-state index contributed by atoms with van der Waals surface area (Å²) in [5.74, 6) is -0.756. The maximum Gasteiger partial charge on any atom is 0.0719 e. The van der Waals surface area contributed by atoms with Gasteiger partial charge in [-0.1, -0.05) is 62.4 Å². The van der Waals surface area contributed by atoms with Gasteiger partial charge in [-0.15, -0.1) is 11.3 Å². The number of rotatable bonds is 2. The zero-order valence-electron chi connectivity index (χ0n) is 21.4. The van der Waals surface area contributed by atoms with Crippen molar-refractivity contribution < 1.29 is 5.48 Å². The highest BCUT2D eigenvalue weighted by Crippen LogP contribution is 2.43. The smallest absolute Gasteiger partial charge is 0.0719 e. The third-order valence-electron chi connectivity index (χ3n) is 6.10. The molecule has 1 nitrogen and oxygen atoms in total. The second-order valence-electron chi connectivity index (χ2n) is 8.25. The van der Waals surface area contributed by atoms with Crippen LogP contribution < -0.4 is 0 Å². The fourth-order valence-corrected chi connectivity index (χ4v) is 5.74. The summed E-state index contributed by atoms with van der Waals surface area (Å²) in [7, 11) is 0. The van der Waals surface area contributed by atoms with Crippen LogP contribution >= 0.6 is 11.3 Å². The van der Waals surface area contributed by atoms with Crippen LogP contribution in [0.2, 0.25) is 0 Å². The molecule has 0 unspecified atom stereocenters. The Balaban J connectivity index is 1.72. The molecule has 0 saturated carbocycles. The van der Waals surface area contributed by atoms with Crippen molar-refractivity contribution in [2.24, 2.45) is 0 Å². The fourth-order valence-electron chi connectivity index (χ4n) is 4.47. The fraction of sp³-hybridized carbons (Fsp3) is 0.138. The quantitative estimate of drug-likeness (QED) is 0.254. The summed E-state index contributed by atoms with van der Waals surface area (Å²) in [6.45, 7) is 1.48. The van der Waals surface area contributed by atoms with Crippen LogP contribution in [-0.4, -0.2) is 4.98 Å². The second-order valence-corrected chi connectivity index (χ2v) is 9.31. The molecule has 2 heterocycles. The van der Waals surface area contributed by atoms with Crippen molar-refractivity contribution in [3.63, 3.8) is 0 Å². The zero-order chi connectivity index (χ0) is 24.5. The Morgan fingerprint density at radius 1 is 0.871 bits per heavy atom. The number of pyridine rings is 1. The summed E-state index contributed by atoms with van der Waals surface area (Å²) in [5, 5.41) is 6.35. The van der Waals surface area contributed by atoms with Crippen LogP contribution in [0.25, 0.3) is 53.0 Å². The molecule has 150 valence electrons. The van der Waals surface area contributed by atoms with Crippen LogP contribution in [0.3, 0.4) is 0 Å². The van der Waals surface area contributed by atoms with E-state index in [1.807, 2.05) is 44.2 Å². The minimum atomic E-state index is -2.23. The number of aromatic nitrogens is 1. The van der Waals surface area contributed by atoms with Crippen LogP contribution in [0.5, 0.6) is 0 Å². The lowest BCUT2D eigenvalue weighted by Gasteiger charge is -2.09. The van der Waals surface area contributed by atoms with Gasteiger partial charge in [0.1, 0.15) is 0 Å². The number of hydrogen-bond donors (Lipinski definition) is 0. The standard InChI is InChI=1S/C29H23NS/c1-17(2)20-12-13-30-26(15-20)23-11-8-18(3)28-25-14-21-10-9-19-6-4-5-7-22(19)24(21)16-27(25)31-29(23)28/h4-17H,1-3H3/i3D3,17D. The Kier molecular flexibility index (Phi) is 3.27. The topological polar surface area (TPSA) is 12.9 Å². The highest BCUT2D eigenvalue weighted by atomic mass is 32.1. The highest BCUT2D eigenvalue weighted by Gasteiger charge is 2.15.